The van der Waals surface area contributed by atoms with Crippen LogP contribution in [0.4, 0.5) is 0 Å². The van der Waals surface area contributed by atoms with E-state index >= 15 is 0 Å². The molecule has 0 amide bonds. The van der Waals surface area contributed by atoms with Gasteiger partial charge in [0.25, 0.3) is 0 Å². The summed E-state index contributed by atoms with van der Waals surface area (Å²) in [7, 11) is 0. The molecule has 0 spiro atoms. The summed E-state index contributed by atoms with van der Waals surface area (Å²) >= 11 is 0. The minimum Gasteiger partial charge on any atom is -0.382 e. The lowest BCUT2D eigenvalue weighted by Crippen LogP contribution is -2.58. The molecule has 0 radical (unpaired) electrons. The molecule has 2 aliphatic rings. The fourth-order valence-electron chi connectivity index (χ4n) is 4.67. The maximum Gasteiger partial charge on any atom is 0.116 e. The van der Waals surface area contributed by atoms with Crippen LogP contribution in [-0.2, 0) is 0 Å². The van der Waals surface area contributed by atoms with E-state index in [9.17, 15) is 10.2 Å². The number of hydrogen-bond acceptors (Lipinski definition) is 2. The quantitative estimate of drug-likeness (QED) is 0.712. The van der Waals surface area contributed by atoms with E-state index in [0.29, 0.717) is 12.8 Å². The Kier molecular flexibility index (Phi) is 3.51. The lowest BCUT2D eigenvalue weighted by atomic mass is 9.59. The number of aliphatic hydroxyl groups is 2. The standard InChI is InChI=1S/C18H30O2/c1-13-7-15(3,4)11-17(19,9-13)18(20)10-14(2)8-16(5,6)12-18/h9-10,19-20H,7-8,11-12H2,1-6H3/t17-,18-/m0/s1. The molecule has 20 heavy (non-hydrogen) atoms. The van der Waals surface area contributed by atoms with E-state index in [4.69, 9.17) is 0 Å². The SMILES string of the molecule is CC1=C[C@@](O)([C@]2(O)C=C(C)CC(C)(C)C2)CC(C)(C)C1. The number of hydrogen-bond donors (Lipinski definition) is 2. The van der Waals surface area contributed by atoms with Crippen molar-refractivity contribution in [3.63, 3.8) is 0 Å². The van der Waals surface area contributed by atoms with Gasteiger partial charge in [-0.05, 0) is 50.4 Å². The van der Waals surface area contributed by atoms with Gasteiger partial charge in [-0.2, -0.15) is 0 Å². The van der Waals surface area contributed by atoms with Crippen LogP contribution in [0, 0.1) is 10.8 Å². The summed E-state index contributed by atoms with van der Waals surface area (Å²) in [4.78, 5) is 0. The van der Waals surface area contributed by atoms with Crippen LogP contribution in [0.3, 0.4) is 0 Å². The Morgan fingerprint density at radius 2 is 1.05 bits per heavy atom. The Labute approximate surface area is 123 Å². The first-order chi connectivity index (χ1) is 8.87. The molecule has 0 fully saturated rings. The molecule has 0 saturated heterocycles. The molecule has 2 heteroatoms. The van der Waals surface area contributed by atoms with Crippen LogP contribution in [0.15, 0.2) is 23.3 Å². The molecule has 0 aromatic carbocycles. The van der Waals surface area contributed by atoms with Gasteiger partial charge in [0.1, 0.15) is 11.2 Å². The number of rotatable bonds is 1. The van der Waals surface area contributed by atoms with E-state index in [1.165, 1.54) is 11.1 Å². The van der Waals surface area contributed by atoms with E-state index in [1.807, 2.05) is 12.2 Å². The van der Waals surface area contributed by atoms with Crippen molar-refractivity contribution in [3.8, 4) is 0 Å². The van der Waals surface area contributed by atoms with Crippen molar-refractivity contribution >= 4 is 0 Å². The molecule has 2 aliphatic carbocycles. The maximum absolute atomic E-state index is 11.2. The molecule has 0 aromatic rings. The highest BCUT2D eigenvalue weighted by Crippen LogP contribution is 2.51. The van der Waals surface area contributed by atoms with E-state index < -0.39 is 11.2 Å². The monoisotopic (exact) mass is 278 g/mol. The van der Waals surface area contributed by atoms with Gasteiger partial charge in [-0.1, -0.05) is 51.0 Å². The van der Waals surface area contributed by atoms with Crippen molar-refractivity contribution in [1.29, 1.82) is 0 Å². The number of allylic oxidation sites excluding steroid dienone is 2. The van der Waals surface area contributed by atoms with Gasteiger partial charge in [0.15, 0.2) is 0 Å². The van der Waals surface area contributed by atoms with E-state index in [0.717, 1.165) is 12.8 Å². The maximum atomic E-state index is 11.2. The van der Waals surface area contributed by atoms with Crippen LogP contribution in [0.1, 0.15) is 67.2 Å². The highest BCUT2D eigenvalue weighted by Gasteiger charge is 2.54. The van der Waals surface area contributed by atoms with Crippen LogP contribution < -0.4 is 0 Å². The third-order valence-corrected chi connectivity index (χ3v) is 4.73. The molecule has 2 N–H and O–H groups in total. The van der Waals surface area contributed by atoms with Gasteiger partial charge in [0.2, 0.25) is 0 Å². The van der Waals surface area contributed by atoms with Crippen molar-refractivity contribution in [3.05, 3.63) is 23.3 Å². The smallest absolute Gasteiger partial charge is 0.116 e. The van der Waals surface area contributed by atoms with Crippen LogP contribution in [-0.4, -0.2) is 21.4 Å². The van der Waals surface area contributed by atoms with Crippen molar-refractivity contribution in [2.45, 2.75) is 78.4 Å². The Hall–Kier alpha value is -0.600. The summed E-state index contributed by atoms with van der Waals surface area (Å²) in [5, 5.41) is 22.5. The molecule has 0 aliphatic heterocycles. The first-order valence-electron chi connectivity index (χ1n) is 7.68. The highest BCUT2D eigenvalue weighted by atomic mass is 16.4. The van der Waals surface area contributed by atoms with Gasteiger partial charge in [-0.25, -0.2) is 0 Å². The summed E-state index contributed by atoms with van der Waals surface area (Å²) in [5.74, 6) is 0. The summed E-state index contributed by atoms with van der Waals surface area (Å²) in [6.45, 7) is 12.8. The predicted molar refractivity (Wildman–Crippen MR) is 83.4 cm³/mol. The second kappa shape index (κ2) is 4.45. The predicted octanol–water partition coefficient (Wildman–Crippen LogP) is 3.98. The average molecular weight is 278 g/mol. The summed E-state index contributed by atoms with van der Waals surface area (Å²) in [5.41, 5.74) is 0.0766. The molecule has 0 unspecified atom stereocenters. The minimum atomic E-state index is -1.15. The molecule has 0 bridgehead atoms. The lowest BCUT2D eigenvalue weighted by Gasteiger charge is -2.52. The van der Waals surface area contributed by atoms with E-state index in [2.05, 4.69) is 41.5 Å². The summed E-state index contributed by atoms with van der Waals surface area (Å²) in [6.07, 6.45) is 6.99. The zero-order valence-corrected chi connectivity index (χ0v) is 13.9. The van der Waals surface area contributed by atoms with Crippen molar-refractivity contribution in [1.82, 2.24) is 0 Å². The van der Waals surface area contributed by atoms with Gasteiger partial charge >= 0.3 is 0 Å². The Balaban J connectivity index is 2.48. The molecule has 2 nitrogen and oxygen atoms in total. The van der Waals surface area contributed by atoms with Gasteiger partial charge in [0.05, 0.1) is 0 Å². The Morgan fingerprint density at radius 1 is 0.750 bits per heavy atom. The third kappa shape index (κ3) is 2.87. The molecule has 0 saturated carbocycles. The van der Waals surface area contributed by atoms with Crippen molar-refractivity contribution in [2.75, 3.05) is 0 Å². The topological polar surface area (TPSA) is 40.5 Å². The molecular weight excluding hydrogens is 248 g/mol. The molecule has 2 rings (SSSR count). The highest BCUT2D eigenvalue weighted by molar-refractivity contribution is 5.31. The second-order valence-electron chi connectivity index (χ2n) is 8.87. The average Bonchev–Trinajstić information content (AvgIpc) is 2.07. The van der Waals surface area contributed by atoms with Gasteiger partial charge in [-0.3, -0.25) is 0 Å². The van der Waals surface area contributed by atoms with Gasteiger partial charge in [0, 0.05) is 0 Å². The Morgan fingerprint density at radius 3 is 1.30 bits per heavy atom. The normalized spacial score (nSPS) is 40.0. The fourth-order valence-corrected chi connectivity index (χ4v) is 4.67. The lowest BCUT2D eigenvalue weighted by molar-refractivity contribution is -0.137. The molecule has 0 heterocycles. The molecule has 114 valence electrons. The van der Waals surface area contributed by atoms with E-state index in [1.54, 1.807) is 0 Å². The van der Waals surface area contributed by atoms with E-state index in [-0.39, 0.29) is 10.8 Å². The summed E-state index contributed by atoms with van der Waals surface area (Å²) < 4.78 is 0. The zero-order valence-electron chi connectivity index (χ0n) is 13.9. The molecule has 0 aromatic heterocycles. The first kappa shape index (κ1) is 15.8. The third-order valence-electron chi connectivity index (χ3n) is 4.73. The van der Waals surface area contributed by atoms with Crippen LogP contribution in [0.5, 0.6) is 0 Å². The molecular formula is C18H30O2. The van der Waals surface area contributed by atoms with Crippen LogP contribution in [0.25, 0.3) is 0 Å². The largest absolute Gasteiger partial charge is 0.382 e. The van der Waals surface area contributed by atoms with Crippen LogP contribution in [0.2, 0.25) is 0 Å². The first-order valence-corrected chi connectivity index (χ1v) is 7.68. The summed E-state index contributed by atoms with van der Waals surface area (Å²) in [6, 6.07) is 0. The molecule has 2 atom stereocenters. The fraction of sp³-hybridized carbons (Fsp3) is 0.778. The Bertz CT molecular complexity index is 426. The van der Waals surface area contributed by atoms with Crippen LogP contribution >= 0.6 is 0 Å². The second-order valence-corrected chi connectivity index (χ2v) is 8.87. The van der Waals surface area contributed by atoms with Crippen molar-refractivity contribution in [2.24, 2.45) is 10.8 Å². The zero-order chi connectivity index (χ0) is 15.4. The van der Waals surface area contributed by atoms with Crippen molar-refractivity contribution < 1.29 is 10.2 Å². The van der Waals surface area contributed by atoms with Gasteiger partial charge in [-0.15, -0.1) is 0 Å². The minimum absolute atomic E-state index is 0.0205. The van der Waals surface area contributed by atoms with Gasteiger partial charge < -0.3 is 10.2 Å².